The normalized spacial score (nSPS) is 13.8. The topological polar surface area (TPSA) is 66.4 Å². The van der Waals surface area contributed by atoms with Gasteiger partial charge in [-0.2, -0.15) is 0 Å². The van der Waals surface area contributed by atoms with Crippen molar-refractivity contribution in [3.63, 3.8) is 0 Å². The van der Waals surface area contributed by atoms with Crippen LogP contribution in [0.25, 0.3) is 0 Å². The van der Waals surface area contributed by atoms with E-state index in [2.05, 4.69) is 12.2 Å². The van der Waals surface area contributed by atoms with Gasteiger partial charge in [-0.3, -0.25) is 4.79 Å². The Morgan fingerprint density at radius 1 is 0.950 bits per heavy atom. The summed E-state index contributed by atoms with van der Waals surface area (Å²) < 4.78 is 0. The van der Waals surface area contributed by atoms with Crippen LogP contribution in [-0.2, 0) is 9.59 Å². The summed E-state index contributed by atoms with van der Waals surface area (Å²) in [6, 6.07) is 0. The highest BCUT2D eigenvalue weighted by atomic mass is 16.4. The number of amides is 1. The maximum absolute atomic E-state index is 11.8. The zero-order valence-corrected chi connectivity index (χ0v) is 13.3. The Bertz CT molecular complexity index is 291. The smallest absolute Gasteiger partial charge is 0.329 e. The number of hydrogen-bond donors (Lipinski definition) is 2. The third kappa shape index (κ3) is 8.18. The van der Waals surface area contributed by atoms with Crippen LogP contribution in [-0.4, -0.2) is 22.5 Å². The SMILES string of the molecule is CCCCCCCCCC(=O)NC(C)(CCC)C(=O)O. The minimum atomic E-state index is -1.12. The van der Waals surface area contributed by atoms with E-state index in [0.717, 1.165) is 19.3 Å². The van der Waals surface area contributed by atoms with E-state index in [9.17, 15) is 14.7 Å². The van der Waals surface area contributed by atoms with Gasteiger partial charge in [-0.05, 0) is 19.8 Å². The summed E-state index contributed by atoms with van der Waals surface area (Å²) in [6.07, 6.45) is 9.73. The van der Waals surface area contributed by atoms with Crippen molar-refractivity contribution in [2.45, 2.75) is 90.5 Å². The van der Waals surface area contributed by atoms with E-state index in [1.165, 1.54) is 32.1 Å². The van der Waals surface area contributed by atoms with Crippen molar-refractivity contribution in [3.8, 4) is 0 Å². The Morgan fingerprint density at radius 3 is 2.00 bits per heavy atom. The Balaban J connectivity index is 3.84. The van der Waals surface area contributed by atoms with Crippen LogP contribution < -0.4 is 5.32 Å². The molecule has 0 radical (unpaired) electrons. The number of carbonyl (C=O) groups excluding carboxylic acids is 1. The molecule has 1 atom stereocenters. The lowest BCUT2D eigenvalue weighted by Gasteiger charge is -2.25. The number of hydrogen-bond acceptors (Lipinski definition) is 2. The summed E-state index contributed by atoms with van der Waals surface area (Å²) in [5, 5.41) is 11.9. The van der Waals surface area contributed by atoms with Gasteiger partial charge in [-0.1, -0.05) is 58.8 Å². The van der Waals surface area contributed by atoms with Crippen molar-refractivity contribution in [1.29, 1.82) is 0 Å². The van der Waals surface area contributed by atoms with Crippen molar-refractivity contribution >= 4 is 11.9 Å². The Kier molecular flexibility index (Phi) is 10.1. The van der Waals surface area contributed by atoms with Gasteiger partial charge in [-0.25, -0.2) is 4.79 Å². The second-order valence-electron chi connectivity index (χ2n) is 5.81. The van der Waals surface area contributed by atoms with Crippen molar-refractivity contribution < 1.29 is 14.7 Å². The highest BCUT2D eigenvalue weighted by molar-refractivity contribution is 5.86. The monoisotopic (exact) mass is 285 g/mol. The van der Waals surface area contributed by atoms with Crippen molar-refractivity contribution in [3.05, 3.63) is 0 Å². The van der Waals surface area contributed by atoms with Crippen LogP contribution in [0.2, 0.25) is 0 Å². The average Bonchev–Trinajstić information content (AvgIpc) is 2.37. The average molecular weight is 285 g/mol. The number of carboxylic acid groups (broad SMARTS) is 1. The van der Waals surface area contributed by atoms with E-state index < -0.39 is 11.5 Å². The molecule has 0 aromatic rings. The summed E-state index contributed by atoms with van der Waals surface area (Å²) in [4.78, 5) is 23.0. The predicted octanol–water partition coefficient (Wildman–Crippen LogP) is 3.89. The van der Waals surface area contributed by atoms with Crippen LogP contribution in [0.5, 0.6) is 0 Å². The molecule has 0 rings (SSSR count). The summed E-state index contributed by atoms with van der Waals surface area (Å²) >= 11 is 0. The van der Waals surface area contributed by atoms with Crippen molar-refractivity contribution in [2.24, 2.45) is 0 Å². The zero-order chi connectivity index (χ0) is 15.4. The molecule has 0 heterocycles. The minimum Gasteiger partial charge on any atom is -0.480 e. The molecule has 0 aliphatic carbocycles. The molecular weight excluding hydrogens is 254 g/mol. The first-order valence-electron chi connectivity index (χ1n) is 8.00. The summed E-state index contributed by atoms with van der Waals surface area (Å²) in [7, 11) is 0. The van der Waals surface area contributed by atoms with Crippen LogP contribution >= 0.6 is 0 Å². The number of aliphatic carboxylic acids is 1. The van der Waals surface area contributed by atoms with E-state index in [0.29, 0.717) is 12.8 Å². The molecule has 0 aromatic carbocycles. The largest absolute Gasteiger partial charge is 0.480 e. The zero-order valence-electron chi connectivity index (χ0n) is 13.3. The third-order valence-corrected chi connectivity index (χ3v) is 3.64. The number of carboxylic acids is 1. The molecule has 0 aliphatic heterocycles. The van der Waals surface area contributed by atoms with Gasteiger partial charge in [0.25, 0.3) is 0 Å². The molecule has 4 nitrogen and oxygen atoms in total. The van der Waals surface area contributed by atoms with Crippen LogP contribution in [0, 0.1) is 0 Å². The second-order valence-corrected chi connectivity index (χ2v) is 5.81. The standard InChI is InChI=1S/C16H31NO3/c1-4-6-7-8-9-10-11-12-14(18)17-16(3,13-5-2)15(19)20/h4-13H2,1-3H3,(H,17,18)(H,19,20). The third-order valence-electron chi connectivity index (χ3n) is 3.64. The molecule has 0 aromatic heterocycles. The van der Waals surface area contributed by atoms with Gasteiger partial charge < -0.3 is 10.4 Å². The number of carbonyl (C=O) groups is 2. The maximum atomic E-state index is 11.8. The molecule has 0 saturated heterocycles. The first-order chi connectivity index (χ1) is 9.46. The molecule has 0 bridgehead atoms. The molecular formula is C16H31NO3. The van der Waals surface area contributed by atoms with Crippen LogP contribution in [0.3, 0.4) is 0 Å². The van der Waals surface area contributed by atoms with Crippen molar-refractivity contribution in [1.82, 2.24) is 5.32 Å². The van der Waals surface area contributed by atoms with E-state index in [1.807, 2.05) is 6.92 Å². The molecule has 4 heteroatoms. The highest BCUT2D eigenvalue weighted by Crippen LogP contribution is 2.14. The van der Waals surface area contributed by atoms with Gasteiger partial charge in [-0.15, -0.1) is 0 Å². The second kappa shape index (κ2) is 10.7. The number of nitrogens with one attached hydrogen (secondary N) is 1. The molecule has 2 N–H and O–H groups in total. The Hall–Kier alpha value is -1.06. The first kappa shape index (κ1) is 18.9. The van der Waals surface area contributed by atoms with Crippen LogP contribution in [0.4, 0.5) is 0 Å². The quantitative estimate of drug-likeness (QED) is 0.535. The number of unbranched alkanes of at least 4 members (excludes halogenated alkanes) is 6. The Morgan fingerprint density at radius 2 is 1.50 bits per heavy atom. The molecule has 0 saturated carbocycles. The van der Waals surface area contributed by atoms with Crippen LogP contribution in [0.1, 0.15) is 85.0 Å². The van der Waals surface area contributed by atoms with E-state index in [1.54, 1.807) is 6.92 Å². The molecule has 20 heavy (non-hydrogen) atoms. The molecule has 1 amide bonds. The van der Waals surface area contributed by atoms with Crippen LogP contribution in [0.15, 0.2) is 0 Å². The molecule has 0 aliphatic rings. The van der Waals surface area contributed by atoms with Gasteiger partial charge in [0.2, 0.25) is 5.91 Å². The first-order valence-corrected chi connectivity index (χ1v) is 8.00. The molecule has 0 spiro atoms. The number of rotatable bonds is 12. The molecule has 1 unspecified atom stereocenters. The fraction of sp³-hybridized carbons (Fsp3) is 0.875. The lowest BCUT2D eigenvalue weighted by Crippen LogP contribution is -2.52. The van der Waals surface area contributed by atoms with E-state index in [-0.39, 0.29) is 5.91 Å². The molecule has 0 fully saturated rings. The Labute approximate surface area is 123 Å². The van der Waals surface area contributed by atoms with Gasteiger partial charge >= 0.3 is 5.97 Å². The van der Waals surface area contributed by atoms with E-state index >= 15 is 0 Å². The van der Waals surface area contributed by atoms with Gasteiger partial charge in [0, 0.05) is 6.42 Å². The maximum Gasteiger partial charge on any atom is 0.329 e. The predicted molar refractivity (Wildman–Crippen MR) is 81.7 cm³/mol. The fourth-order valence-corrected chi connectivity index (χ4v) is 2.34. The van der Waals surface area contributed by atoms with Gasteiger partial charge in [0.05, 0.1) is 0 Å². The van der Waals surface area contributed by atoms with Gasteiger partial charge in [0.1, 0.15) is 5.54 Å². The minimum absolute atomic E-state index is 0.142. The fourth-order valence-electron chi connectivity index (χ4n) is 2.34. The van der Waals surface area contributed by atoms with E-state index in [4.69, 9.17) is 0 Å². The summed E-state index contributed by atoms with van der Waals surface area (Å²) in [5.74, 6) is -1.09. The summed E-state index contributed by atoms with van der Waals surface area (Å²) in [5.41, 5.74) is -1.12. The van der Waals surface area contributed by atoms with Gasteiger partial charge in [0.15, 0.2) is 0 Å². The molecule has 118 valence electrons. The van der Waals surface area contributed by atoms with Crippen molar-refractivity contribution in [2.75, 3.05) is 0 Å². The lowest BCUT2D eigenvalue weighted by molar-refractivity contribution is -0.147. The lowest BCUT2D eigenvalue weighted by atomic mass is 9.96. The highest BCUT2D eigenvalue weighted by Gasteiger charge is 2.33. The summed E-state index contributed by atoms with van der Waals surface area (Å²) in [6.45, 7) is 5.70.